The number of benzene rings is 1. The molecule has 0 spiro atoms. The summed E-state index contributed by atoms with van der Waals surface area (Å²) in [5.41, 5.74) is 0.440. The zero-order chi connectivity index (χ0) is 11.5. The van der Waals surface area contributed by atoms with Crippen LogP contribution in [0.2, 0.25) is 5.02 Å². The normalized spacial score (nSPS) is 10.1. The number of amides is 1. The highest BCUT2D eigenvalue weighted by atomic mass is 79.9. The van der Waals surface area contributed by atoms with Crippen LogP contribution in [0.1, 0.15) is 10.4 Å². The fourth-order valence-corrected chi connectivity index (χ4v) is 2.45. The number of nitrogens with one attached hydrogen (secondary N) is 1. The molecule has 1 N–H and O–H groups in total. The lowest BCUT2D eigenvalue weighted by Gasteiger charge is -2.02. The summed E-state index contributed by atoms with van der Waals surface area (Å²) in [6, 6.07) is 6.88. The molecular weight excluding hydrogens is 312 g/mol. The SMILES string of the molecule is O=C(Nc1ncc(Br)s1)c1ccccc1Cl. The van der Waals surface area contributed by atoms with Gasteiger partial charge < -0.3 is 0 Å². The Kier molecular flexibility index (Phi) is 3.58. The predicted octanol–water partition coefficient (Wildman–Crippen LogP) is 3.81. The van der Waals surface area contributed by atoms with Gasteiger partial charge in [0.1, 0.15) is 0 Å². The maximum absolute atomic E-state index is 11.8. The van der Waals surface area contributed by atoms with Crippen molar-refractivity contribution in [3.63, 3.8) is 0 Å². The van der Waals surface area contributed by atoms with Crippen molar-refractivity contribution in [2.24, 2.45) is 0 Å². The van der Waals surface area contributed by atoms with Gasteiger partial charge in [0, 0.05) is 0 Å². The lowest BCUT2D eigenvalue weighted by atomic mass is 10.2. The number of carbonyl (C=O) groups is 1. The third kappa shape index (κ3) is 2.61. The van der Waals surface area contributed by atoms with E-state index < -0.39 is 0 Å². The van der Waals surface area contributed by atoms with Crippen LogP contribution in [0.3, 0.4) is 0 Å². The molecule has 0 bridgehead atoms. The van der Waals surface area contributed by atoms with Crippen LogP contribution in [0.5, 0.6) is 0 Å². The van der Waals surface area contributed by atoms with E-state index in [9.17, 15) is 4.79 Å². The standard InChI is InChI=1S/C10H6BrClN2OS/c11-8-5-13-10(16-8)14-9(15)6-3-1-2-4-7(6)12/h1-5H,(H,13,14,15). The van der Waals surface area contributed by atoms with Crippen LogP contribution in [0.15, 0.2) is 34.2 Å². The second kappa shape index (κ2) is 4.95. The Morgan fingerprint density at radius 2 is 2.19 bits per heavy atom. The number of rotatable bonds is 2. The van der Waals surface area contributed by atoms with Gasteiger partial charge in [0.05, 0.1) is 20.6 Å². The molecule has 0 aliphatic heterocycles. The number of carbonyl (C=O) groups excluding carboxylic acids is 1. The number of halogens is 2. The molecule has 0 atom stereocenters. The number of hydrogen-bond acceptors (Lipinski definition) is 3. The third-order valence-electron chi connectivity index (χ3n) is 1.82. The van der Waals surface area contributed by atoms with Gasteiger partial charge in [0.2, 0.25) is 0 Å². The second-order valence-electron chi connectivity index (χ2n) is 2.90. The number of thiazole rings is 1. The van der Waals surface area contributed by atoms with Crippen molar-refractivity contribution in [2.75, 3.05) is 5.32 Å². The van der Waals surface area contributed by atoms with Gasteiger partial charge in [-0.1, -0.05) is 35.1 Å². The molecule has 0 unspecified atom stereocenters. The number of hydrogen-bond donors (Lipinski definition) is 1. The molecule has 16 heavy (non-hydrogen) atoms. The van der Waals surface area contributed by atoms with E-state index in [1.54, 1.807) is 30.5 Å². The fourth-order valence-electron chi connectivity index (χ4n) is 1.12. The van der Waals surface area contributed by atoms with Gasteiger partial charge in [-0.2, -0.15) is 0 Å². The smallest absolute Gasteiger partial charge is 0.258 e. The maximum atomic E-state index is 11.8. The lowest BCUT2D eigenvalue weighted by Crippen LogP contribution is -2.11. The second-order valence-corrected chi connectivity index (χ2v) is 5.72. The van der Waals surface area contributed by atoms with Gasteiger partial charge in [-0.05, 0) is 28.1 Å². The van der Waals surface area contributed by atoms with Gasteiger partial charge in [-0.3, -0.25) is 10.1 Å². The van der Waals surface area contributed by atoms with E-state index in [0.717, 1.165) is 3.79 Å². The van der Waals surface area contributed by atoms with Crippen LogP contribution < -0.4 is 5.32 Å². The minimum atomic E-state index is -0.257. The van der Waals surface area contributed by atoms with Crippen molar-refractivity contribution in [3.05, 3.63) is 44.8 Å². The van der Waals surface area contributed by atoms with Gasteiger partial charge in [-0.25, -0.2) is 4.98 Å². The van der Waals surface area contributed by atoms with Crippen LogP contribution in [0, 0.1) is 0 Å². The molecule has 1 heterocycles. The van der Waals surface area contributed by atoms with Crippen LogP contribution in [0.4, 0.5) is 5.13 Å². The van der Waals surface area contributed by atoms with Crippen LogP contribution in [-0.4, -0.2) is 10.9 Å². The van der Waals surface area contributed by atoms with Gasteiger partial charge >= 0.3 is 0 Å². The highest BCUT2D eigenvalue weighted by Crippen LogP contribution is 2.24. The van der Waals surface area contributed by atoms with E-state index in [2.05, 4.69) is 26.2 Å². The van der Waals surface area contributed by atoms with Crippen LogP contribution >= 0.6 is 38.9 Å². The van der Waals surface area contributed by atoms with E-state index in [1.165, 1.54) is 11.3 Å². The topological polar surface area (TPSA) is 42.0 Å². The van der Waals surface area contributed by atoms with E-state index in [-0.39, 0.29) is 5.91 Å². The van der Waals surface area contributed by atoms with E-state index >= 15 is 0 Å². The number of anilines is 1. The average Bonchev–Trinajstić information content (AvgIpc) is 2.64. The van der Waals surface area contributed by atoms with Crippen molar-refractivity contribution in [1.82, 2.24) is 4.98 Å². The minimum Gasteiger partial charge on any atom is -0.298 e. The molecule has 0 saturated heterocycles. The number of aromatic nitrogens is 1. The molecule has 2 rings (SSSR count). The van der Waals surface area contributed by atoms with E-state index in [4.69, 9.17) is 11.6 Å². The van der Waals surface area contributed by atoms with Gasteiger partial charge in [0.25, 0.3) is 5.91 Å². The third-order valence-corrected chi connectivity index (χ3v) is 3.54. The van der Waals surface area contributed by atoms with Crippen molar-refractivity contribution in [2.45, 2.75) is 0 Å². The molecule has 0 radical (unpaired) electrons. The Balaban J connectivity index is 2.18. The predicted molar refractivity (Wildman–Crippen MR) is 69.2 cm³/mol. The van der Waals surface area contributed by atoms with Gasteiger partial charge in [0.15, 0.2) is 5.13 Å². The molecule has 0 aliphatic rings. The molecule has 2 aromatic rings. The summed E-state index contributed by atoms with van der Waals surface area (Å²) < 4.78 is 0.863. The van der Waals surface area contributed by atoms with Crippen molar-refractivity contribution in [3.8, 4) is 0 Å². The minimum absolute atomic E-state index is 0.257. The van der Waals surface area contributed by atoms with E-state index in [1.807, 2.05) is 0 Å². The summed E-state index contributed by atoms with van der Waals surface area (Å²) in [4.78, 5) is 15.8. The summed E-state index contributed by atoms with van der Waals surface area (Å²) >= 11 is 10.5. The highest BCUT2D eigenvalue weighted by molar-refractivity contribution is 9.11. The Hall–Kier alpha value is -0.910. The average molecular weight is 318 g/mol. The van der Waals surface area contributed by atoms with Gasteiger partial charge in [-0.15, -0.1) is 0 Å². The Labute approximate surface area is 110 Å². The fraction of sp³-hybridized carbons (Fsp3) is 0. The molecule has 3 nitrogen and oxygen atoms in total. The summed E-state index contributed by atoms with van der Waals surface area (Å²) in [5.74, 6) is -0.257. The molecule has 1 aromatic carbocycles. The van der Waals surface area contributed by atoms with Crippen molar-refractivity contribution in [1.29, 1.82) is 0 Å². The van der Waals surface area contributed by atoms with Crippen LogP contribution in [-0.2, 0) is 0 Å². The first-order valence-electron chi connectivity index (χ1n) is 4.34. The summed E-state index contributed by atoms with van der Waals surface area (Å²) in [6.07, 6.45) is 1.63. The van der Waals surface area contributed by atoms with Crippen LogP contribution in [0.25, 0.3) is 0 Å². The summed E-state index contributed by atoms with van der Waals surface area (Å²) in [7, 11) is 0. The Bertz CT molecular complexity index is 529. The molecule has 0 aliphatic carbocycles. The van der Waals surface area contributed by atoms with Crippen molar-refractivity contribution >= 4 is 49.9 Å². The molecule has 1 amide bonds. The molecule has 1 aromatic heterocycles. The first kappa shape index (κ1) is 11.6. The summed E-state index contributed by atoms with van der Waals surface area (Å²) in [5, 5.41) is 3.64. The Morgan fingerprint density at radius 1 is 1.44 bits per heavy atom. The number of nitrogens with zero attached hydrogens (tertiary/aromatic N) is 1. The maximum Gasteiger partial charge on any atom is 0.258 e. The monoisotopic (exact) mass is 316 g/mol. The molecule has 0 fully saturated rings. The molecule has 0 saturated carbocycles. The summed E-state index contributed by atoms with van der Waals surface area (Å²) in [6.45, 7) is 0. The highest BCUT2D eigenvalue weighted by Gasteiger charge is 2.11. The Morgan fingerprint density at radius 3 is 2.81 bits per heavy atom. The molecule has 6 heteroatoms. The zero-order valence-electron chi connectivity index (χ0n) is 7.91. The quantitative estimate of drug-likeness (QED) is 0.915. The largest absolute Gasteiger partial charge is 0.298 e. The zero-order valence-corrected chi connectivity index (χ0v) is 11.1. The van der Waals surface area contributed by atoms with E-state index in [0.29, 0.717) is 15.7 Å². The lowest BCUT2D eigenvalue weighted by molar-refractivity contribution is 0.102. The molecule has 82 valence electrons. The first-order valence-corrected chi connectivity index (χ1v) is 6.33. The molecular formula is C10H6BrClN2OS. The first-order chi connectivity index (χ1) is 7.66. The van der Waals surface area contributed by atoms with Crippen molar-refractivity contribution < 1.29 is 4.79 Å².